The first kappa shape index (κ1) is 12.6. The van der Waals surface area contributed by atoms with Crippen LogP contribution in [-0.2, 0) is 6.42 Å². The van der Waals surface area contributed by atoms with Crippen molar-refractivity contribution in [1.82, 2.24) is 10.1 Å². The van der Waals surface area contributed by atoms with E-state index in [-0.39, 0.29) is 0 Å². The first-order valence-corrected chi connectivity index (χ1v) is 6.92. The number of nitrogens with two attached hydrogens (primary N) is 1. The minimum Gasteiger partial charge on any atom is -0.339 e. The number of hydrogen-bond acceptors (Lipinski definition) is 4. The summed E-state index contributed by atoms with van der Waals surface area (Å²) in [7, 11) is 0. The average Bonchev–Trinajstić information content (AvgIpc) is 2.74. The zero-order valence-corrected chi connectivity index (χ0v) is 10.5. The maximum absolute atomic E-state index is 5.48. The van der Waals surface area contributed by atoms with Crippen LogP contribution >= 0.6 is 0 Å². The van der Waals surface area contributed by atoms with E-state index >= 15 is 0 Å². The number of aryl methyl sites for hydroxylation is 1. The molecule has 1 saturated carbocycles. The van der Waals surface area contributed by atoms with E-state index in [2.05, 4.69) is 10.1 Å². The monoisotopic (exact) mass is 237 g/mol. The Bertz CT molecular complexity index is 316. The molecular formula is C13H23N3O. The molecule has 0 amide bonds. The van der Waals surface area contributed by atoms with Crippen LogP contribution in [0.3, 0.4) is 0 Å². The Labute approximate surface area is 103 Å². The summed E-state index contributed by atoms with van der Waals surface area (Å²) in [5, 5.41) is 4.04. The summed E-state index contributed by atoms with van der Waals surface area (Å²) >= 11 is 0. The third kappa shape index (κ3) is 3.80. The van der Waals surface area contributed by atoms with E-state index in [1.54, 1.807) is 0 Å². The van der Waals surface area contributed by atoms with E-state index in [1.165, 1.54) is 44.9 Å². The van der Waals surface area contributed by atoms with E-state index in [1.807, 2.05) is 0 Å². The second-order valence-corrected chi connectivity index (χ2v) is 4.98. The molecule has 0 bridgehead atoms. The van der Waals surface area contributed by atoms with Crippen LogP contribution in [0.25, 0.3) is 0 Å². The van der Waals surface area contributed by atoms with E-state index in [9.17, 15) is 0 Å². The molecule has 0 spiro atoms. The Morgan fingerprint density at radius 1 is 1.12 bits per heavy atom. The molecular weight excluding hydrogens is 214 g/mol. The second kappa shape index (κ2) is 6.74. The zero-order valence-electron chi connectivity index (χ0n) is 10.5. The smallest absolute Gasteiger partial charge is 0.229 e. The van der Waals surface area contributed by atoms with Crippen LogP contribution in [0.15, 0.2) is 4.52 Å². The van der Waals surface area contributed by atoms with Gasteiger partial charge in [-0.15, -0.1) is 0 Å². The first-order valence-electron chi connectivity index (χ1n) is 6.92. The highest BCUT2D eigenvalue weighted by molar-refractivity contribution is 4.94. The van der Waals surface area contributed by atoms with Gasteiger partial charge in [0.05, 0.1) is 0 Å². The molecule has 0 unspecified atom stereocenters. The Morgan fingerprint density at radius 3 is 2.53 bits per heavy atom. The average molecular weight is 237 g/mol. The highest BCUT2D eigenvalue weighted by Crippen LogP contribution is 2.29. The normalized spacial score (nSPS) is 18.9. The van der Waals surface area contributed by atoms with Gasteiger partial charge in [0.15, 0.2) is 5.82 Å². The number of rotatable bonds is 4. The van der Waals surface area contributed by atoms with Gasteiger partial charge < -0.3 is 10.3 Å². The summed E-state index contributed by atoms with van der Waals surface area (Å²) in [5.41, 5.74) is 5.48. The van der Waals surface area contributed by atoms with Crippen LogP contribution in [0.1, 0.15) is 69.0 Å². The standard InChI is InChI=1S/C13H23N3O/c14-10-6-9-12-15-13(17-16-12)11-7-4-2-1-3-5-8-11/h11H,1-10,14H2. The van der Waals surface area contributed by atoms with Gasteiger partial charge in [0, 0.05) is 12.3 Å². The molecule has 0 aromatic carbocycles. The van der Waals surface area contributed by atoms with Gasteiger partial charge in [0.25, 0.3) is 0 Å². The van der Waals surface area contributed by atoms with Gasteiger partial charge in [0.1, 0.15) is 0 Å². The molecule has 1 heterocycles. The molecule has 2 rings (SSSR count). The molecule has 1 aliphatic carbocycles. The van der Waals surface area contributed by atoms with Crippen LogP contribution in [0.2, 0.25) is 0 Å². The minimum absolute atomic E-state index is 0.495. The molecule has 1 aliphatic rings. The van der Waals surface area contributed by atoms with Gasteiger partial charge in [-0.3, -0.25) is 0 Å². The van der Waals surface area contributed by atoms with E-state index < -0.39 is 0 Å². The molecule has 0 radical (unpaired) electrons. The molecule has 0 saturated heterocycles. The lowest BCUT2D eigenvalue weighted by Crippen LogP contribution is -2.04. The summed E-state index contributed by atoms with van der Waals surface area (Å²) < 4.78 is 5.40. The lowest BCUT2D eigenvalue weighted by molar-refractivity contribution is 0.320. The van der Waals surface area contributed by atoms with Crippen molar-refractivity contribution in [2.24, 2.45) is 5.73 Å². The molecule has 1 aromatic rings. The summed E-state index contributed by atoms with van der Waals surface area (Å²) in [5.74, 6) is 2.18. The lowest BCUT2D eigenvalue weighted by atomic mass is 9.91. The fourth-order valence-electron chi connectivity index (χ4n) is 2.50. The van der Waals surface area contributed by atoms with Crippen LogP contribution in [0, 0.1) is 0 Å². The fourth-order valence-corrected chi connectivity index (χ4v) is 2.50. The molecule has 1 aromatic heterocycles. The van der Waals surface area contributed by atoms with Crippen LogP contribution < -0.4 is 5.73 Å². The van der Waals surface area contributed by atoms with Crippen molar-refractivity contribution in [3.05, 3.63) is 11.7 Å². The van der Waals surface area contributed by atoms with Crippen molar-refractivity contribution < 1.29 is 4.52 Å². The third-order valence-corrected chi connectivity index (χ3v) is 3.54. The molecule has 96 valence electrons. The molecule has 4 nitrogen and oxygen atoms in total. The van der Waals surface area contributed by atoms with Crippen molar-refractivity contribution >= 4 is 0 Å². The summed E-state index contributed by atoms with van der Waals surface area (Å²) in [6.45, 7) is 0.688. The third-order valence-electron chi connectivity index (χ3n) is 3.54. The Balaban J connectivity index is 1.92. The van der Waals surface area contributed by atoms with Gasteiger partial charge in [-0.2, -0.15) is 4.98 Å². The maximum atomic E-state index is 5.48. The molecule has 17 heavy (non-hydrogen) atoms. The van der Waals surface area contributed by atoms with Crippen molar-refractivity contribution in [2.45, 2.75) is 63.7 Å². The van der Waals surface area contributed by atoms with Crippen molar-refractivity contribution in [3.8, 4) is 0 Å². The van der Waals surface area contributed by atoms with Gasteiger partial charge in [0.2, 0.25) is 5.89 Å². The van der Waals surface area contributed by atoms with Crippen molar-refractivity contribution in [2.75, 3.05) is 6.54 Å². The highest BCUT2D eigenvalue weighted by atomic mass is 16.5. The summed E-state index contributed by atoms with van der Waals surface area (Å²) in [6, 6.07) is 0. The van der Waals surface area contributed by atoms with Gasteiger partial charge in [-0.1, -0.05) is 37.3 Å². The topological polar surface area (TPSA) is 64.9 Å². The SMILES string of the molecule is NCCCc1noc(C2CCCCCCC2)n1. The zero-order chi connectivity index (χ0) is 11.9. The number of nitrogens with zero attached hydrogens (tertiary/aromatic N) is 2. The highest BCUT2D eigenvalue weighted by Gasteiger charge is 2.19. The first-order chi connectivity index (χ1) is 8.40. The Kier molecular flexibility index (Phi) is 4.98. The predicted molar refractivity (Wildman–Crippen MR) is 66.7 cm³/mol. The van der Waals surface area contributed by atoms with E-state index in [0.29, 0.717) is 12.5 Å². The fraction of sp³-hybridized carbons (Fsp3) is 0.846. The molecule has 4 heteroatoms. The van der Waals surface area contributed by atoms with Gasteiger partial charge in [-0.05, 0) is 25.8 Å². The minimum atomic E-state index is 0.495. The van der Waals surface area contributed by atoms with Crippen LogP contribution in [0.5, 0.6) is 0 Å². The lowest BCUT2D eigenvalue weighted by Gasteiger charge is -2.15. The Morgan fingerprint density at radius 2 is 1.82 bits per heavy atom. The largest absolute Gasteiger partial charge is 0.339 e. The van der Waals surface area contributed by atoms with Crippen LogP contribution in [-0.4, -0.2) is 16.7 Å². The van der Waals surface area contributed by atoms with Crippen LogP contribution in [0.4, 0.5) is 0 Å². The number of aromatic nitrogens is 2. The summed E-state index contributed by atoms with van der Waals surface area (Å²) in [4.78, 5) is 4.51. The number of hydrogen-bond donors (Lipinski definition) is 1. The predicted octanol–water partition coefficient (Wildman–Crippen LogP) is 2.79. The maximum Gasteiger partial charge on any atom is 0.229 e. The molecule has 0 aliphatic heterocycles. The molecule has 2 N–H and O–H groups in total. The van der Waals surface area contributed by atoms with E-state index in [0.717, 1.165) is 24.6 Å². The van der Waals surface area contributed by atoms with Gasteiger partial charge >= 0.3 is 0 Å². The second-order valence-electron chi connectivity index (χ2n) is 4.98. The van der Waals surface area contributed by atoms with Crippen molar-refractivity contribution in [3.63, 3.8) is 0 Å². The van der Waals surface area contributed by atoms with Gasteiger partial charge in [-0.25, -0.2) is 0 Å². The molecule has 0 atom stereocenters. The summed E-state index contributed by atoms with van der Waals surface area (Å²) in [6.07, 6.45) is 10.9. The quantitative estimate of drug-likeness (QED) is 0.874. The Hall–Kier alpha value is -0.900. The van der Waals surface area contributed by atoms with Crippen molar-refractivity contribution in [1.29, 1.82) is 0 Å². The molecule has 1 fully saturated rings. The van der Waals surface area contributed by atoms with E-state index in [4.69, 9.17) is 10.3 Å².